The molecule has 2 atom stereocenters. The number of carbonyl (C=O) groups excluding carboxylic acids is 2. The van der Waals surface area contributed by atoms with Gasteiger partial charge in [0.1, 0.15) is 5.75 Å². The van der Waals surface area contributed by atoms with E-state index in [2.05, 4.69) is 56.1 Å². The molecule has 1 aliphatic rings. The molecule has 0 saturated carbocycles. The molecule has 3 aromatic rings. The summed E-state index contributed by atoms with van der Waals surface area (Å²) >= 11 is 1.68. The number of nitrogens with zero attached hydrogens (tertiary/aromatic N) is 2. The van der Waals surface area contributed by atoms with E-state index in [1.165, 1.54) is 10.6 Å². The van der Waals surface area contributed by atoms with E-state index in [9.17, 15) is 9.59 Å². The Hall–Kier alpha value is -3.36. The Labute approximate surface area is 210 Å². The van der Waals surface area contributed by atoms with Crippen molar-refractivity contribution in [2.45, 2.75) is 25.6 Å². The predicted octanol–water partition coefficient (Wildman–Crippen LogP) is 3.44. The number of thiophene rings is 1. The maximum atomic E-state index is 12.7. The third kappa shape index (κ3) is 6.41. The number of amides is 2. The van der Waals surface area contributed by atoms with Crippen molar-refractivity contribution in [3.05, 3.63) is 82.6 Å². The van der Waals surface area contributed by atoms with Crippen molar-refractivity contribution in [1.82, 2.24) is 15.5 Å². The number of carbonyl (C=O) groups is 2. The van der Waals surface area contributed by atoms with Gasteiger partial charge in [-0.25, -0.2) is 0 Å². The van der Waals surface area contributed by atoms with Crippen molar-refractivity contribution < 1.29 is 14.3 Å². The van der Waals surface area contributed by atoms with Gasteiger partial charge in [0.2, 0.25) is 0 Å². The number of piperazine rings is 1. The number of para-hydroxylation sites is 1. The van der Waals surface area contributed by atoms with Crippen LogP contribution in [0.25, 0.3) is 0 Å². The Morgan fingerprint density at radius 1 is 0.943 bits per heavy atom. The van der Waals surface area contributed by atoms with Gasteiger partial charge in [0, 0.05) is 49.3 Å². The summed E-state index contributed by atoms with van der Waals surface area (Å²) in [4.78, 5) is 31.2. The monoisotopic (exact) mass is 492 g/mol. The number of ether oxygens (including phenoxy) is 1. The fraction of sp³-hybridized carbons (Fsp3) is 0.333. The summed E-state index contributed by atoms with van der Waals surface area (Å²) in [6.45, 7) is 5.83. The van der Waals surface area contributed by atoms with Gasteiger partial charge in [-0.05, 0) is 48.2 Å². The molecule has 2 N–H and O–H groups in total. The number of anilines is 1. The minimum absolute atomic E-state index is 0.00580. The van der Waals surface area contributed by atoms with Crippen LogP contribution >= 0.6 is 11.3 Å². The van der Waals surface area contributed by atoms with Crippen LogP contribution in [0.2, 0.25) is 0 Å². The lowest BCUT2D eigenvalue weighted by Gasteiger charge is -2.42. The molecule has 2 heterocycles. The summed E-state index contributed by atoms with van der Waals surface area (Å²) in [5.41, 5.74) is 2.13. The molecule has 35 heavy (non-hydrogen) atoms. The van der Waals surface area contributed by atoms with E-state index in [1.54, 1.807) is 18.4 Å². The smallest absolute Gasteiger partial charge is 0.309 e. The topological polar surface area (TPSA) is 73.9 Å². The first kappa shape index (κ1) is 24.8. The third-order valence-electron chi connectivity index (χ3n) is 6.31. The molecule has 0 radical (unpaired) electrons. The van der Waals surface area contributed by atoms with Gasteiger partial charge in [0.05, 0.1) is 13.2 Å². The van der Waals surface area contributed by atoms with Crippen molar-refractivity contribution >= 4 is 28.8 Å². The van der Waals surface area contributed by atoms with Gasteiger partial charge in [-0.2, -0.15) is 0 Å². The molecule has 4 rings (SSSR count). The molecule has 1 fully saturated rings. The highest BCUT2D eigenvalue weighted by Gasteiger charge is 2.31. The molecule has 8 heteroatoms. The zero-order valence-electron chi connectivity index (χ0n) is 20.1. The van der Waals surface area contributed by atoms with Crippen LogP contribution in [-0.2, 0) is 16.1 Å². The minimum atomic E-state index is -0.633. The molecule has 0 bridgehead atoms. The molecule has 184 valence electrons. The normalized spacial score (nSPS) is 15.8. The highest BCUT2D eigenvalue weighted by atomic mass is 32.1. The summed E-state index contributed by atoms with van der Waals surface area (Å²) in [5, 5.41) is 7.71. The number of hydrogen-bond donors (Lipinski definition) is 2. The fourth-order valence-corrected chi connectivity index (χ4v) is 5.42. The molecule has 2 aromatic carbocycles. The standard InChI is InChI=1S/C27H32N4O3S/c1-20(29-27(33)26(32)28-19-21-10-12-23(34-2)13-11-21)25(24-9-6-18-35-24)31-16-14-30(15-17-31)22-7-4-3-5-8-22/h3-13,18,20,25H,14-17,19H2,1-2H3,(H,28,32)(H,29,33). The highest BCUT2D eigenvalue weighted by molar-refractivity contribution is 7.10. The predicted molar refractivity (Wildman–Crippen MR) is 140 cm³/mol. The molecular weight excluding hydrogens is 460 g/mol. The van der Waals surface area contributed by atoms with Gasteiger partial charge in [-0.1, -0.05) is 36.4 Å². The van der Waals surface area contributed by atoms with Crippen LogP contribution in [0.5, 0.6) is 5.75 Å². The Morgan fingerprint density at radius 2 is 1.66 bits per heavy atom. The van der Waals surface area contributed by atoms with Crippen molar-refractivity contribution in [2.75, 3.05) is 38.2 Å². The zero-order valence-corrected chi connectivity index (χ0v) is 21.0. The lowest BCUT2D eigenvalue weighted by Crippen LogP contribution is -2.53. The molecule has 1 aromatic heterocycles. The van der Waals surface area contributed by atoms with Gasteiger partial charge < -0.3 is 20.3 Å². The summed E-state index contributed by atoms with van der Waals surface area (Å²) < 4.78 is 5.15. The largest absolute Gasteiger partial charge is 0.497 e. The average molecular weight is 493 g/mol. The number of nitrogens with one attached hydrogen (secondary N) is 2. The van der Waals surface area contributed by atoms with E-state index in [0.717, 1.165) is 37.5 Å². The molecule has 0 aliphatic carbocycles. The molecule has 7 nitrogen and oxygen atoms in total. The molecule has 1 aliphatic heterocycles. The minimum Gasteiger partial charge on any atom is -0.497 e. The fourth-order valence-electron chi connectivity index (χ4n) is 4.46. The van der Waals surface area contributed by atoms with Crippen molar-refractivity contribution in [1.29, 1.82) is 0 Å². The van der Waals surface area contributed by atoms with Gasteiger partial charge in [-0.15, -0.1) is 11.3 Å². The molecule has 0 spiro atoms. The van der Waals surface area contributed by atoms with Crippen LogP contribution in [0.3, 0.4) is 0 Å². The van der Waals surface area contributed by atoms with Gasteiger partial charge in [-0.3, -0.25) is 14.5 Å². The Balaban J connectivity index is 1.35. The van der Waals surface area contributed by atoms with Crippen LogP contribution in [-0.4, -0.2) is 56.0 Å². The highest BCUT2D eigenvalue weighted by Crippen LogP contribution is 2.30. The van der Waals surface area contributed by atoms with E-state index in [1.807, 2.05) is 43.3 Å². The SMILES string of the molecule is COc1ccc(CNC(=O)C(=O)NC(C)C(c2cccs2)N2CCN(c3ccccc3)CC2)cc1. The Kier molecular flexibility index (Phi) is 8.39. The summed E-state index contributed by atoms with van der Waals surface area (Å²) in [6.07, 6.45) is 0. The van der Waals surface area contributed by atoms with E-state index in [-0.39, 0.29) is 18.6 Å². The van der Waals surface area contributed by atoms with E-state index >= 15 is 0 Å². The first-order valence-electron chi connectivity index (χ1n) is 11.8. The van der Waals surface area contributed by atoms with Crippen molar-refractivity contribution in [2.24, 2.45) is 0 Å². The first-order chi connectivity index (χ1) is 17.0. The Morgan fingerprint density at radius 3 is 2.29 bits per heavy atom. The quantitative estimate of drug-likeness (QED) is 0.472. The molecule has 2 unspecified atom stereocenters. The van der Waals surface area contributed by atoms with Crippen LogP contribution in [0.4, 0.5) is 5.69 Å². The van der Waals surface area contributed by atoms with Crippen molar-refractivity contribution in [3.8, 4) is 5.75 Å². The number of hydrogen-bond acceptors (Lipinski definition) is 6. The molecule has 2 amide bonds. The van der Waals surface area contributed by atoms with E-state index in [0.29, 0.717) is 0 Å². The van der Waals surface area contributed by atoms with Crippen LogP contribution in [0, 0.1) is 0 Å². The summed E-state index contributed by atoms with van der Waals surface area (Å²) in [7, 11) is 1.61. The number of benzene rings is 2. The number of rotatable bonds is 8. The molecular formula is C27H32N4O3S. The second kappa shape index (κ2) is 11.9. The summed E-state index contributed by atoms with van der Waals surface area (Å²) in [5.74, 6) is -0.502. The van der Waals surface area contributed by atoms with Gasteiger partial charge in [0.25, 0.3) is 0 Å². The lowest BCUT2D eigenvalue weighted by atomic mass is 10.0. The van der Waals surface area contributed by atoms with Crippen molar-refractivity contribution in [3.63, 3.8) is 0 Å². The van der Waals surface area contributed by atoms with Gasteiger partial charge in [0.15, 0.2) is 0 Å². The van der Waals surface area contributed by atoms with Gasteiger partial charge >= 0.3 is 11.8 Å². The molecule has 1 saturated heterocycles. The second-order valence-corrected chi connectivity index (χ2v) is 9.59. The maximum absolute atomic E-state index is 12.7. The van der Waals surface area contributed by atoms with Crippen LogP contribution < -0.4 is 20.3 Å². The first-order valence-corrected chi connectivity index (χ1v) is 12.7. The van der Waals surface area contributed by atoms with Crippen LogP contribution in [0.15, 0.2) is 72.1 Å². The number of methoxy groups -OCH3 is 1. The zero-order chi connectivity index (χ0) is 24.6. The van der Waals surface area contributed by atoms with Crippen LogP contribution in [0.1, 0.15) is 23.4 Å². The third-order valence-corrected chi connectivity index (χ3v) is 7.26. The average Bonchev–Trinajstić information content (AvgIpc) is 3.43. The Bertz CT molecular complexity index is 1080. The second-order valence-electron chi connectivity index (χ2n) is 8.61. The van der Waals surface area contributed by atoms with E-state index in [4.69, 9.17) is 4.74 Å². The van der Waals surface area contributed by atoms with E-state index < -0.39 is 11.8 Å². The maximum Gasteiger partial charge on any atom is 0.309 e. The summed E-state index contributed by atoms with van der Waals surface area (Å²) in [6, 6.07) is 21.7. The lowest BCUT2D eigenvalue weighted by molar-refractivity contribution is -0.140.